The Morgan fingerprint density at radius 3 is 2.88 bits per heavy atom. The first-order valence-corrected chi connectivity index (χ1v) is 8.25. The summed E-state index contributed by atoms with van der Waals surface area (Å²) in [7, 11) is 1.58. The lowest BCUT2D eigenvalue weighted by molar-refractivity contribution is 0.102. The summed E-state index contributed by atoms with van der Waals surface area (Å²) in [5.74, 6) is -1.46. The number of benzene rings is 2. The summed E-state index contributed by atoms with van der Waals surface area (Å²) >= 11 is 1.14. The van der Waals surface area contributed by atoms with E-state index in [1.807, 2.05) is 6.07 Å². The van der Waals surface area contributed by atoms with Crippen LogP contribution in [0.4, 0.5) is 13.9 Å². The van der Waals surface area contributed by atoms with Gasteiger partial charge >= 0.3 is 0 Å². The van der Waals surface area contributed by atoms with Crippen molar-refractivity contribution in [2.24, 2.45) is 0 Å². The summed E-state index contributed by atoms with van der Waals surface area (Å²) < 4.78 is 32.2. The normalized spacial score (nSPS) is 10.7. The van der Waals surface area contributed by atoms with E-state index in [9.17, 15) is 13.6 Å². The zero-order valence-corrected chi connectivity index (χ0v) is 14.1. The molecule has 0 bridgehead atoms. The number of ether oxygens (including phenoxy) is 1. The molecule has 0 aliphatic heterocycles. The molecule has 2 aromatic carbocycles. The average molecular weight is 360 g/mol. The van der Waals surface area contributed by atoms with E-state index in [0.717, 1.165) is 35.1 Å². The Hall–Kier alpha value is -2.64. The average Bonchev–Trinajstić information content (AvgIpc) is 3.06. The van der Waals surface area contributed by atoms with Crippen LogP contribution >= 0.6 is 11.3 Å². The third-order valence-corrected chi connectivity index (χ3v) is 4.19. The highest BCUT2D eigenvalue weighted by molar-refractivity contribution is 7.14. The van der Waals surface area contributed by atoms with E-state index in [0.29, 0.717) is 17.3 Å². The molecule has 1 amide bonds. The molecule has 1 aromatic heterocycles. The van der Waals surface area contributed by atoms with Gasteiger partial charge in [0.2, 0.25) is 0 Å². The van der Waals surface area contributed by atoms with Crippen molar-refractivity contribution in [3.05, 3.63) is 70.6 Å². The van der Waals surface area contributed by atoms with Crippen molar-refractivity contribution < 1.29 is 18.3 Å². The second-order valence-electron chi connectivity index (χ2n) is 5.25. The number of amides is 1. The van der Waals surface area contributed by atoms with Crippen LogP contribution in [0.3, 0.4) is 0 Å². The number of halogens is 2. The van der Waals surface area contributed by atoms with Crippen LogP contribution in [0, 0.1) is 11.6 Å². The van der Waals surface area contributed by atoms with Crippen molar-refractivity contribution in [1.82, 2.24) is 4.98 Å². The predicted molar refractivity (Wildman–Crippen MR) is 92.6 cm³/mol. The fourth-order valence-corrected chi connectivity index (χ4v) is 2.99. The Morgan fingerprint density at radius 1 is 1.24 bits per heavy atom. The maximum atomic E-state index is 13.8. The number of rotatable bonds is 5. The number of hydrogen-bond acceptors (Lipinski definition) is 4. The Balaban J connectivity index is 1.78. The molecule has 0 aliphatic rings. The van der Waals surface area contributed by atoms with Crippen molar-refractivity contribution in [1.29, 1.82) is 0 Å². The Kier molecular flexibility index (Phi) is 5.16. The monoisotopic (exact) mass is 360 g/mol. The van der Waals surface area contributed by atoms with Crippen LogP contribution in [0.1, 0.15) is 15.9 Å². The van der Waals surface area contributed by atoms with Crippen LogP contribution in [0.5, 0.6) is 0 Å². The molecule has 3 aromatic rings. The van der Waals surface area contributed by atoms with Crippen LogP contribution in [0.2, 0.25) is 0 Å². The number of carbonyl (C=O) groups is 1. The van der Waals surface area contributed by atoms with Crippen molar-refractivity contribution in [3.63, 3.8) is 0 Å². The smallest absolute Gasteiger partial charge is 0.257 e. The topological polar surface area (TPSA) is 51.2 Å². The van der Waals surface area contributed by atoms with E-state index in [1.165, 1.54) is 0 Å². The molecule has 128 valence electrons. The molecular formula is C18H14F2N2O2S. The lowest BCUT2D eigenvalue weighted by Crippen LogP contribution is -2.12. The van der Waals surface area contributed by atoms with Gasteiger partial charge in [0, 0.05) is 23.6 Å². The summed E-state index contributed by atoms with van der Waals surface area (Å²) in [6.45, 7) is 0.404. The Bertz CT molecular complexity index is 912. The van der Waals surface area contributed by atoms with Gasteiger partial charge in [-0.15, -0.1) is 11.3 Å². The number of anilines is 1. The molecule has 7 heteroatoms. The zero-order valence-electron chi connectivity index (χ0n) is 13.3. The number of nitrogens with zero attached hydrogens (tertiary/aromatic N) is 1. The van der Waals surface area contributed by atoms with Crippen LogP contribution in [0.15, 0.2) is 47.8 Å². The van der Waals surface area contributed by atoms with Crippen molar-refractivity contribution in [2.75, 3.05) is 12.4 Å². The fourth-order valence-electron chi connectivity index (χ4n) is 2.29. The lowest BCUT2D eigenvalue weighted by Gasteiger charge is -2.04. The minimum atomic E-state index is -0.572. The summed E-state index contributed by atoms with van der Waals surface area (Å²) in [5, 5.41) is 4.53. The van der Waals surface area contributed by atoms with E-state index < -0.39 is 11.6 Å². The van der Waals surface area contributed by atoms with Crippen molar-refractivity contribution in [2.45, 2.75) is 6.61 Å². The predicted octanol–water partition coefficient (Wildman–Crippen LogP) is 4.49. The molecular weight excluding hydrogens is 346 g/mol. The van der Waals surface area contributed by atoms with Gasteiger partial charge in [0.15, 0.2) is 5.13 Å². The highest BCUT2D eigenvalue weighted by atomic mass is 32.1. The Morgan fingerprint density at radius 2 is 2.08 bits per heavy atom. The number of methoxy groups -OCH3 is 1. The van der Waals surface area contributed by atoms with Gasteiger partial charge in [0.25, 0.3) is 5.91 Å². The van der Waals surface area contributed by atoms with E-state index in [1.54, 1.807) is 30.7 Å². The molecule has 1 N–H and O–H groups in total. The van der Waals surface area contributed by atoms with Crippen LogP contribution < -0.4 is 5.32 Å². The number of aromatic nitrogens is 1. The molecule has 0 atom stereocenters. The van der Waals surface area contributed by atoms with E-state index in [4.69, 9.17) is 4.74 Å². The summed E-state index contributed by atoms with van der Waals surface area (Å²) in [4.78, 5) is 16.5. The molecule has 0 unspecified atom stereocenters. The molecule has 4 nitrogen and oxygen atoms in total. The molecule has 0 saturated heterocycles. The molecule has 0 spiro atoms. The summed E-state index contributed by atoms with van der Waals surface area (Å²) in [6, 6.07) is 10.2. The third kappa shape index (κ3) is 4.07. The molecule has 0 aliphatic carbocycles. The molecule has 0 saturated carbocycles. The van der Waals surface area contributed by atoms with Crippen molar-refractivity contribution in [3.8, 4) is 11.3 Å². The number of thiazole rings is 1. The van der Waals surface area contributed by atoms with Gasteiger partial charge in [0.1, 0.15) is 11.6 Å². The molecule has 3 rings (SSSR count). The molecule has 25 heavy (non-hydrogen) atoms. The van der Waals surface area contributed by atoms with E-state index in [-0.39, 0.29) is 17.2 Å². The third-order valence-electron chi connectivity index (χ3n) is 3.43. The highest BCUT2D eigenvalue weighted by Gasteiger charge is 2.13. The van der Waals surface area contributed by atoms with Crippen LogP contribution in [-0.4, -0.2) is 18.0 Å². The summed E-state index contributed by atoms with van der Waals surface area (Å²) in [6.07, 6.45) is 0. The van der Waals surface area contributed by atoms with Gasteiger partial charge in [-0.2, -0.15) is 0 Å². The van der Waals surface area contributed by atoms with Gasteiger partial charge < -0.3 is 4.74 Å². The van der Waals surface area contributed by atoms with Gasteiger partial charge in [-0.1, -0.05) is 12.1 Å². The largest absolute Gasteiger partial charge is 0.380 e. The minimum absolute atomic E-state index is 0.0545. The minimum Gasteiger partial charge on any atom is -0.380 e. The van der Waals surface area contributed by atoms with Crippen LogP contribution in [0.25, 0.3) is 11.3 Å². The van der Waals surface area contributed by atoms with Gasteiger partial charge in [-0.3, -0.25) is 10.1 Å². The SMILES string of the molecule is COCc1cccc(C(=O)Nc2nc(-c3cc(F)ccc3F)cs2)c1. The zero-order chi connectivity index (χ0) is 17.8. The number of nitrogens with one attached hydrogen (secondary N) is 1. The summed E-state index contributed by atoms with van der Waals surface area (Å²) in [5.41, 5.74) is 1.66. The number of carbonyl (C=O) groups excluding carboxylic acids is 1. The quantitative estimate of drug-likeness (QED) is 0.729. The second-order valence-corrected chi connectivity index (χ2v) is 6.11. The van der Waals surface area contributed by atoms with E-state index >= 15 is 0 Å². The van der Waals surface area contributed by atoms with E-state index in [2.05, 4.69) is 10.3 Å². The molecule has 0 fully saturated rings. The van der Waals surface area contributed by atoms with Gasteiger partial charge in [-0.25, -0.2) is 13.8 Å². The van der Waals surface area contributed by atoms with Crippen LogP contribution in [-0.2, 0) is 11.3 Å². The molecule has 1 heterocycles. The van der Waals surface area contributed by atoms with Gasteiger partial charge in [0.05, 0.1) is 12.3 Å². The maximum absolute atomic E-state index is 13.8. The lowest BCUT2D eigenvalue weighted by atomic mass is 10.1. The molecule has 0 radical (unpaired) electrons. The second kappa shape index (κ2) is 7.50. The van der Waals surface area contributed by atoms with Crippen molar-refractivity contribution >= 4 is 22.4 Å². The number of hydrogen-bond donors (Lipinski definition) is 1. The first kappa shape index (κ1) is 17.2. The standard InChI is InChI=1S/C18H14F2N2O2S/c1-24-9-11-3-2-4-12(7-11)17(23)22-18-21-16(10-25-18)14-8-13(19)5-6-15(14)20/h2-8,10H,9H2,1H3,(H,21,22,23). The first-order chi connectivity index (χ1) is 12.1. The Labute approximate surface area is 147 Å². The first-order valence-electron chi connectivity index (χ1n) is 7.37. The highest BCUT2D eigenvalue weighted by Crippen LogP contribution is 2.28. The fraction of sp³-hybridized carbons (Fsp3) is 0.111. The maximum Gasteiger partial charge on any atom is 0.257 e. The van der Waals surface area contributed by atoms with Gasteiger partial charge in [-0.05, 0) is 35.9 Å².